The molecule has 0 aliphatic carbocycles. The summed E-state index contributed by atoms with van der Waals surface area (Å²) in [6.45, 7) is 2.72. The van der Waals surface area contributed by atoms with Gasteiger partial charge in [0.1, 0.15) is 5.75 Å². The molecule has 0 atom stereocenters. The van der Waals surface area contributed by atoms with Gasteiger partial charge in [-0.1, -0.05) is 19.1 Å². The zero-order valence-corrected chi connectivity index (χ0v) is 11.7. The van der Waals surface area contributed by atoms with Crippen molar-refractivity contribution in [1.82, 2.24) is 9.13 Å². The van der Waals surface area contributed by atoms with E-state index >= 15 is 0 Å². The molecule has 1 aromatic carbocycles. The minimum Gasteiger partial charge on any atom is -0.497 e. The first-order valence-corrected chi connectivity index (χ1v) is 6.58. The molecule has 0 radical (unpaired) electrons. The number of aromatic nitrogens is 2. The number of carbonyl (C=O) groups excluding carboxylic acids is 1. The molecule has 0 saturated carbocycles. The average Bonchev–Trinajstić information content (AvgIpc) is 2.81. The van der Waals surface area contributed by atoms with E-state index in [9.17, 15) is 9.59 Å². The van der Waals surface area contributed by atoms with Gasteiger partial charge in [-0.3, -0.25) is 13.9 Å². The highest BCUT2D eigenvalue weighted by molar-refractivity contribution is 5.96. The van der Waals surface area contributed by atoms with E-state index in [1.54, 1.807) is 48.3 Å². The Kier molecular flexibility index (Phi) is 4.40. The zero-order chi connectivity index (χ0) is 14.5. The molecular weight excluding hydrogens is 256 g/mol. The Morgan fingerprint density at radius 1 is 1.25 bits per heavy atom. The van der Waals surface area contributed by atoms with Crippen molar-refractivity contribution in [3.63, 3.8) is 0 Å². The number of carbonyl (C=O) groups is 1. The number of hydrogen-bond donors (Lipinski definition) is 0. The molecule has 2 aromatic rings. The third kappa shape index (κ3) is 2.99. The molecule has 0 fully saturated rings. The van der Waals surface area contributed by atoms with Crippen molar-refractivity contribution in [3.8, 4) is 5.75 Å². The lowest BCUT2D eigenvalue weighted by atomic mass is 10.1. The van der Waals surface area contributed by atoms with Gasteiger partial charge in [0.15, 0.2) is 5.78 Å². The van der Waals surface area contributed by atoms with Gasteiger partial charge in [0.25, 0.3) is 0 Å². The monoisotopic (exact) mass is 274 g/mol. The lowest BCUT2D eigenvalue weighted by molar-refractivity contribution is 0.0970. The van der Waals surface area contributed by atoms with Crippen molar-refractivity contribution in [2.45, 2.75) is 26.4 Å². The maximum absolute atomic E-state index is 12.2. The molecule has 0 aliphatic rings. The van der Waals surface area contributed by atoms with Gasteiger partial charge in [0.2, 0.25) is 0 Å². The van der Waals surface area contributed by atoms with Crippen LogP contribution in [0.3, 0.4) is 0 Å². The summed E-state index contributed by atoms with van der Waals surface area (Å²) < 4.78 is 8.13. The molecule has 0 unspecified atom stereocenters. The minimum absolute atomic E-state index is 0.0444. The molecule has 5 heteroatoms. The number of ketones is 1. The third-order valence-electron chi connectivity index (χ3n) is 3.09. The van der Waals surface area contributed by atoms with Crippen LogP contribution < -0.4 is 10.4 Å². The van der Waals surface area contributed by atoms with Gasteiger partial charge in [0, 0.05) is 24.5 Å². The summed E-state index contributed by atoms with van der Waals surface area (Å²) in [7, 11) is 1.55. The highest BCUT2D eigenvalue weighted by Crippen LogP contribution is 2.13. The molecule has 0 spiro atoms. The third-order valence-corrected chi connectivity index (χ3v) is 3.09. The Hall–Kier alpha value is -2.30. The maximum atomic E-state index is 12.2. The van der Waals surface area contributed by atoms with Crippen LogP contribution >= 0.6 is 0 Å². The van der Waals surface area contributed by atoms with Crippen LogP contribution in [-0.4, -0.2) is 22.0 Å². The quantitative estimate of drug-likeness (QED) is 0.757. The van der Waals surface area contributed by atoms with Gasteiger partial charge in [-0.2, -0.15) is 0 Å². The van der Waals surface area contributed by atoms with E-state index in [4.69, 9.17) is 4.74 Å². The van der Waals surface area contributed by atoms with Gasteiger partial charge >= 0.3 is 5.69 Å². The van der Waals surface area contributed by atoms with Crippen LogP contribution in [-0.2, 0) is 13.1 Å². The number of Topliss-reactive ketones (excluding diaryl/α,β-unsaturated/α-hetero) is 1. The fourth-order valence-corrected chi connectivity index (χ4v) is 2.03. The van der Waals surface area contributed by atoms with Crippen LogP contribution in [0.2, 0.25) is 0 Å². The predicted octanol–water partition coefficient (Wildman–Crippen LogP) is 1.95. The van der Waals surface area contributed by atoms with Gasteiger partial charge in [-0.15, -0.1) is 0 Å². The van der Waals surface area contributed by atoms with Crippen LogP contribution in [0.5, 0.6) is 5.75 Å². The highest BCUT2D eigenvalue weighted by Gasteiger charge is 2.10. The number of rotatable bonds is 6. The summed E-state index contributed by atoms with van der Waals surface area (Å²) in [4.78, 5) is 24.2. The second kappa shape index (κ2) is 6.23. The summed E-state index contributed by atoms with van der Waals surface area (Å²) in [5.41, 5.74) is 0.391. The van der Waals surface area contributed by atoms with Crippen molar-refractivity contribution in [2.24, 2.45) is 0 Å². The molecule has 0 aliphatic heterocycles. The first-order valence-electron chi connectivity index (χ1n) is 6.58. The first kappa shape index (κ1) is 14.1. The molecule has 0 amide bonds. The van der Waals surface area contributed by atoms with E-state index in [1.807, 2.05) is 6.92 Å². The standard InChI is InChI=1S/C15H18N2O3/c1-3-7-16-8-9-17(15(16)19)11-14(18)12-5-4-6-13(10-12)20-2/h4-6,8-10H,3,7,11H2,1-2H3. The number of imidazole rings is 1. The van der Waals surface area contributed by atoms with E-state index in [0.717, 1.165) is 6.42 Å². The van der Waals surface area contributed by atoms with E-state index in [-0.39, 0.29) is 18.0 Å². The maximum Gasteiger partial charge on any atom is 0.328 e. The van der Waals surface area contributed by atoms with Crippen LogP contribution in [0, 0.1) is 0 Å². The van der Waals surface area contributed by atoms with Gasteiger partial charge in [-0.25, -0.2) is 4.79 Å². The molecule has 1 aromatic heterocycles. The molecular formula is C15H18N2O3. The van der Waals surface area contributed by atoms with Gasteiger partial charge < -0.3 is 4.74 Å². The van der Waals surface area contributed by atoms with Crippen molar-refractivity contribution in [2.75, 3.05) is 7.11 Å². The number of methoxy groups -OCH3 is 1. The second-order valence-electron chi connectivity index (χ2n) is 4.56. The summed E-state index contributed by atoms with van der Waals surface area (Å²) in [6.07, 6.45) is 4.24. The van der Waals surface area contributed by atoms with Crippen LogP contribution in [0.1, 0.15) is 23.7 Å². The summed E-state index contributed by atoms with van der Waals surface area (Å²) >= 11 is 0. The van der Waals surface area contributed by atoms with E-state index < -0.39 is 0 Å². The predicted molar refractivity (Wildman–Crippen MR) is 76.3 cm³/mol. The van der Waals surface area contributed by atoms with Crippen molar-refractivity contribution >= 4 is 5.78 Å². The molecule has 0 bridgehead atoms. The number of ether oxygens (including phenoxy) is 1. The lowest BCUT2D eigenvalue weighted by Gasteiger charge is -2.04. The van der Waals surface area contributed by atoms with E-state index in [0.29, 0.717) is 17.9 Å². The molecule has 1 heterocycles. The van der Waals surface area contributed by atoms with Crippen LogP contribution in [0.4, 0.5) is 0 Å². The largest absolute Gasteiger partial charge is 0.497 e. The Bertz CT molecular complexity index is 655. The first-order chi connectivity index (χ1) is 9.65. The van der Waals surface area contributed by atoms with Crippen molar-refractivity contribution < 1.29 is 9.53 Å². The second-order valence-corrected chi connectivity index (χ2v) is 4.56. The van der Waals surface area contributed by atoms with Crippen LogP contribution in [0.15, 0.2) is 41.5 Å². The van der Waals surface area contributed by atoms with E-state index in [2.05, 4.69) is 0 Å². The highest BCUT2D eigenvalue weighted by atomic mass is 16.5. The fourth-order valence-electron chi connectivity index (χ4n) is 2.03. The Morgan fingerprint density at radius 3 is 2.70 bits per heavy atom. The zero-order valence-electron chi connectivity index (χ0n) is 11.7. The SMILES string of the molecule is CCCn1ccn(CC(=O)c2cccc(OC)c2)c1=O. The lowest BCUT2D eigenvalue weighted by Crippen LogP contribution is -2.26. The van der Waals surface area contributed by atoms with Crippen molar-refractivity contribution in [3.05, 3.63) is 52.7 Å². The number of hydrogen-bond acceptors (Lipinski definition) is 3. The molecule has 106 valence electrons. The van der Waals surface area contributed by atoms with Crippen LogP contribution in [0.25, 0.3) is 0 Å². The Balaban J connectivity index is 2.17. The molecule has 0 saturated heterocycles. The summed E-state index contributed by atoms with van der Waals surface area (Å²) in [5.74, 6) is 0.520. The van der Waals surface area contributed by atoms with E-state index in [1.165, 1.54) is 4.57 Å². The van der Waals surface area contributed by atoms with Gasteiger partial charge in [-0.05, 0) is 18.6 Å². The number of aryl methyl sites for hydroxylation is 1. The minimum atomic E-state index is -0.150. The number of nitrogens with zero attached hydrogens (tertiary/aromatic N) is 2. The fraction of sp³-hybridized carbons (Fsp3) is 0.333. The topological polar surface area (TPSA) is 53.2 Å². The molecule has 2 rings (SSSR count). The molecule has 5 nitrogen and oxygen atoms in total. The Labute approximate surface area is 117 Å². The Morgan fingerprint density at radius 2 is 2.00 bits per heavy atom. The summed E-state index contributed by atoms with van der Waals surface area (Å²) in [6, 6.07) is 6.94. The summed E-state index contributed by atoms with van der Waals surface area (Å²) in [5, 5.41) is 0. The number of benzene rings is 1. The average molecular weight is 274 g/mol. The normalized spacial score (nSPS) is 10.5. The van der Waals surface area contributed by atoms with Gasteiger partial charge in [0.05, 0.1) is 13.7 Å². The van der Waals surface area contributed by atoms with Crippen molar-refractivity contribution in [1.29, 1.82) is 0 Å². The smallest absolute Gasteiger partial charge is 0.328 e. The molecule has 0 N–H and O–H groups in total. The molecule has 20 heavy (non-hydrogen) atoms.